The molecular weight excluding hydrogens is 236 g/mol. The van der Waals surface area contributed by atoms with E-state index in [4.69, 9.17) is 10.5 Å². The van der Waals surface area contributed by atoms with Crippen LogP contribution in [0, 0.1) is 0 Å². The maximum absolute atomic E-state index is 6.49. The maximum Gasteiger partial charge on any atom is 0.0678 e. The van der Waals surface area contributed by atoms with Crippen LogP contribution in [0.15, 0.2) is 30.3 Å². The molecule has 1 aromatic rings. The molecule has 0 saturated carbocycles. The van der Waals surface area contributed by atoms with Gasteiger partial charge in [-0.05, 0) is 25.8 Å². The largest absolute Gasteiger partial charge is 0.373 e. The standard InChI is InChI=1S/C16H26N2O/c1-4-15(16(17)14-8-6-5-7-9-14)18-10-12(2)19-13(3)11-18/h5-9,12-13,15-16H,4,10-11,17H2,1-3H3. The van der Waals surface area contributed by atoms with E-state index in [0.29, 0.717) is 18.2 Å². The van der Waals surface area contributed by atoms with Gasteiger partial charge in [0.15, 0.2) is 0 Å². The maximum atomic E-state index is 6.49. The van der Waals surface area contributed by atoms with Gasteiger partial charge in [0.25, 0.3) is 0 Å². The van der Waals surface area contributed by atoms with Gasteiger partial charge in [0, 0.05) is 25.2 Å². The summed E-state index contributed by atoms with van der Waals surface area (Å²) in [5.41, 5.74) is 7.71. The summed E-state index contributed by atoms with van der Waals surface area (Å²) in [4.78, 5) is 2.50. The van der Waals surface area contributed by atoms with Gasteiger partial charge in [-0.25, -0.2) is 0 Å². The highest BCUT2D eigenvalue weighted by Gasteiger charge is 2.30. The second-order valence-corrected chi connectivity index (χ2v) is 5.62. The van der Waals surface area contributed by atoms with E-state index in [-0.39, 0.29) is 6.04 Å². The Labute approximate surface area is 116 Å². The number of morpholine rings is 1. The van der Waals surface area contributed by atoms with Crippen LogP contribution in [0.1, 0.15) is 38.8 Å². The third-order valence-electron chi connectivity index (χ3n) is 3.93. The Bertz CT molecular complexity index is 372. The first kappa shape index (κ1) is 14.5. The summed E-state index contributed by atoms with van der Waals surface area (Å²) in [5.74, 6) is 0. The third kappa shape index (κ3) is 3.56. The van der Waals surface area contributed by atoms with Crippen molar-refractivity contribution in [1.29, 1.82) is 0 Å². The van der Waals surface area contributed by atoms with Crippen molar-refractivity contribution in [3.8, 4) is 0 Å². The Balaban J connectivity index is 2.11. The quantitative estimate of drug-likeness (QED) is 0.906. The highest BCUT2D eigenvalue weighted by Crippen LogP contribution is 2.24. The van der Waals surface area contributed by atoms with Gasteiger partial charge in [0.1, 0.15) is 0 Å². The Morgan fingerprint density at radius 2 is 1.79 bits per heavy atom. The predicted molar refractivity (Wildman–Crippen MR) is 79.0 cm³/mol. The van der Waals surface area contributed by atoms with Crippen LogP contribution in [0.2, 0.25) is 0 Å². The summed E-state index contributed by atoms with van der Waals surface area (Å²) in [6.07, 6.45) is 1.65. The van der Waals surface area contributed by atoms with Crippen LogP contribution >= 0.6 is 0 Å². The lowest BCUT2D eigenvalue weighted by molar-refractivity contribution is -0.0835. The normalized spacial score (nSPS) is 28.0. The van der Waals surface area contributed by atoms with Gasteiger partial charge in [0.05, 0.1) is 12.2 Å². The molecule has 0 radical (unpaired) electrons. The Hall–Kier alpha value is -0.900. The zero-order valence-corrected chi connectivity index (χ0v) is 12.3. The lowest BCUT2D eigenvalue weighted by Gasteiger charge is -2.42. The summed E-state index contributed by atoms with van der Waals surface area (Å²) >= 11 is 0. The first-order valence-electron chi connectivity index (χ1n) is 7.31. The third-order valence-corrected chi connectivity index (χ3v) is 3.93. The minimum atomic E-state index is 0.0729. The molecule has 4 unspecified atom stereocenters. The number of hydrogen-bond donors (Lipinski definition) is 1. The van der Waals surface area contributed by atoms with E-state index in [1.165, 1.54) is 5.56 Å². The fourth-order valence-electron chi connectivity index (χ4n) is 3.13. The Morgan fingerprint density at radius 3 is 2.32 bits per heavy atom. The van der Waals surface area contributed by atoms with Gasteiger partial charge in [-0.1, -0.05) is 37.3 Å². The number of hydrogen-bond acceptors (Lipinski definition) is 3. The van der Waals surface area contributed by atoms with Crippen LogP contribution in [0.4, 0.5) is 0 Å². The van der Waals surface area contributed by atoms with Crippen LogP contribution < -0.4 is 5.73 Å². The molecule has 1 heterocycles. The summed E-state index contributed by atoms with van der Waals surface area (Å²) in [6.45, 7) is 8.46. The molecule has 0 spiro atoms. The summed E-state index contributed by atoms with van der Waals surface area (Å²) in [6, 6.07) is 10.9. The average molecular weight is 262 g/mol. The van der Waals surface area contributed by atoms with Crippen LogP contribution in [-0.2, 0) is 4.74 Å². The molecule has 1 aliphatic heterocycles. The molecule has 106 valence electrons. The topological polar surface area (TPSA) is 38.5 Å². The van der Waals surface area contributed by atoms with Crippen LogP contribution in [0.25, 0.3) is 0 Å². The van der Waals surface area contributed by atoms with Gasteiger partial charge in [-0.2, -0.15) is 0 Å². The van der Waals surface area contributed by atoms with Gasteiger partial charge in [-0.15, -0.1) is 0 Å². The fourth-order valence-corrected chi connectivity index (χ4v) is 3.13. The van der Waals surface area contributed by atoms with E-state index in [9.17, 15) is 0 Å². The Morgan fingerprint density at radius 1 is 1.21 bits per heavy atom. The molecule has 1 aromatic carbocycles. The van der Waals surface area contributed by atoms with E-state index >= 15 is 0 Å². The second-order valence-electron chi connectivity index (χ2n) is 5.62. The first-order chi connectivity index (χ1) is 9.11. The molecule has 3 heteroatoms. The van der Waals surface area contributed by atoms with Crippen molar-refractivity contribution >= 4 is 0 Å². The van der Waals surface area contributed by atoms with Crippen LogP contribution in [-0.4, -0.2) is 36.2 Å². The summed E-state index contributed by atoms with van der Waals surface area (Å²) < 4.78 is 5.81. The Kier molecular flexibility index (Phi) is 4.97. The minimum absolute atomic E-state index is 0.0729. The van der Waals surface area contributed by atoms with Gasteiger partial charge >= 0.3 is 0 Å². The van der Waals surface area contributed by atoms with Gasteiger partial charge in [-0.3, -0.25) is 4.90 Å². The van der Waals surface area contributed by atoms with Crippen molar-refractivity contribution < 1.29 is 4.74 Å². The fraction of sp³-hybridized carbons (Fsp3) is 0.625. The van der Waals surface area contributed by atoms with Crippen molar-refractivity contribution in [2.24, 2.45) is 5.73 Å². The smallest absolute Gasteiger partial charge is 0.0678 e. The average Bonchev–Trinajstić information content (AvgIpc) is 2.39. The van der Waals surface area contributed by atoms with Gasteiger partial charge < -0.3 is 10.5 Å². The molecule has 0 aromatic heterocycles. The zero-order chi connectivity index (χ0) is 13.8. The molecule has 3 nitrogen and oxygen atoms in total. The van der Waals surface area contributed by atoms with E-state index in [1.807, 2.05) is 6.07 Å². The van der Waals surface area contributed by atoms with Crippen LogP contribution in [0.3, 0.4) is 0 Å². The lowest BCUT2D eigenvalue weighted by atomic mass is 9.96. The molecule has 1 fully saturated rings. The predicted octanol–water partition coefficient (Wildman–Crippen LogP) is 2.57. The van der Waals surface area contributed by atoms with Crippen molar-refractivity contribution in [2.45, 2.75) is 51.5 Å². The molecule has 1 aliphatic rings. The van der Waals surface area contributed by atoms with E-state index in [2.05, 4.69) is 49.9 Å². The summed E-state index contributed by atoms with van der Waals surface area (Å²) in [7, 11) is 0. The number of rotatable bonds is 4. The van der Waals surface area contributed by atoms with E-state index < -0.39 is 0 Å². The summed E-state index contributed by atoms with van der Waals surface area (Å²) in [5, 5.41) is 0. The molecule has 0 bridgehead atoms. The van der Waals surface area contributed by atoms with Crippen LogP contribution in [0.5, 0.6) is 0 Å². The molecule has 4 atom stereocenters. The number of ether oxygens (including phenoxy) is 1. The molecule has 1 saturated heterocycles. The SMILES string of the molecule is CCC(C(N)c1ccccc1)N1CC(C)OC(C)C1. The molecule has 2 rings (SSSR count). The number of benzene rings is 1. The van der Waals surface area contributed by atoms with Crippen molar-refractivity contribution in [3.05, 3.63) is 35.9 Å². The molecule has 0 aliphatic carbocycles. The molecule has 0 amide bonds. The van der Waals surface area contributed by atoms with Crippen molar-refractivity contribution in [1.82, 2.24) is 4.90 Å². The van der Waals surface area contributed by atoms with E-state index in [1.54, 1.807) is 0 Å². The number of nitrogens with zero attached hydrogens (tertiary/aromatic N) is 1. The van der Waals surface area contributed by atoms with Crippen molar-refractivity contribution in [2.75, 3.05) is 13.1 Å². The highest BCUT2D eigenvalue weighted by molar-refractivity contribution is 5.20. The van der Waals surface area contributed by atoms with E-state index in [0.717, 1.165) is 19.5 Å². The van der Waals surface area contributed by atoms with Gasteiger partial charge in [0.2, 0.25) is 0 Å². The second kappa shape index (κ2) is 6.51. The monoisotopic (exact) mass is 262 g/mol. The molecule has 19 heavy (non-hydrogen) atoms. The minimum Gasteiger partial charge on any atom is -0.373 e. The number of nitrogens with two attached hydrogens (primary N) is 1. The lowest BCUT2D eigenvalue weighted by Crippen LogP contribution is -2.52. The zero-order valence-electron chi connectivity index (χ0n) is 12.3. The first-order valence-corrected chi connectivity index (χ1v) is 7.31. The highest BCUT2D eigenvalue weighted by atomic mass is 16.5. The molecule has 2 N–H and O–H groups in total. The molecular formula is C16H26N2O. The van der Waals surface area contributed by atoms with Crippen molar-refractivity contribution in [3.63, 3.8) is 0 Å².